The molecule has 0 saturated carbocycles. The van der Waals surface area contributed by atoms with Gasteiger partial charge in [-0.05, 0) is 5.56 Å². The van der Waals surface area contributed by atoms with Crippen LogP contribution in [0.1, 0.15) is 12.0 Å². The van der Waals surface area contributed by atoms with E-state index in [1.165, 1.54) is 6.08 Å². The molecule has 1 aromatic rings. The zero-order valence-corrected chi connectivity index (χ0v) is 7.88. The molecule has 78 valence electrons. The average molecular weight is 206 g/mol. The second kappa shape index (κ2) is 4.95. The van der Waals surface area contributed by atoms with Gasteiger partial charge in [0.1, 0.15) is 0 Å². The first-order valence-electron chi connectivity index (χ1n) is 4.32. The third-order valence-electron chi connectivity index (χ3n) is 1.80. The number of hydrogen-bond donors (Lipinski definition) is 2. The summed E-state index contributed by atoms with van der Waals surface area (Å²) in [4.78, 5) is 21.2. The van der Waals surface area contributed by atoms with Gasteiger partial charge >= 0.3 is 11.9 Å². The lowest BCUT2D eigenvalue weighted by Crippen LogP contribution is -2.01. The van der Waals surface area contributed by atoms with Crippen molar-refractivity contribution in [3.05, 3.63) is 42.0 Å². The number of benzene rings is 1. The van der Waals surface area contributed by atoms with Crippen LogP contribution < -0.4 is 0 Å². The fourth-order valence-corrected chi connectivity index (χ4v) is 1.14. The molecule has 4 nitrogen and oxygen atoms in total. The third-order valence-corrected chi connectivity index (χ3v) is 1.80. The number of aliphatic carboxylic acids is 2. The van der Waals surface area contributed by atoms with Crippen molar-refractivity contribution in [1.29, 1.82) is 0 Å². The molecule has 0 atom stereocenters. The molecule has 0 heterocycles. The smallest absolute Gasteiger partial charge is 0.335 e. The lowest BCUT2D eigenvalue weighted by atomic mass is 10.1. The Morgan fingerprint density at radius 3 is 2.20 bits per heavy atom. The molecule has 0 bridgehead atoms. The van der Waals surface area contributed by atoms with Crippen LogP contribution in [-0.2, 0) is 9.59 Å². The first-order chi connectivity index (χ1) is 7.11. The molecule has 0 unspecified atom stereocenters. The van der Waals surface area contributed by atoms with Gasteiger partial charge in [-0.2, -0.15) is 0 Å². The van der Waals surface area contributed by atoms with Gasteiger partial charge in [-0.3, -0.25) is 4.79 Å². The van der Waals surface area contributed by atoms with Crippen LogP contribution >= 0.6 is 0 Å². The highest BCUT2D eigenvalue weighted by Gasteiger charge is 2.09. The van der Waals surface area contributed by atoms with Crippen molar-refractivity contribution in [2.75, 3.05) is 0 Å². The van der Waals surface area contributed by atoms with Crippen molar-refractivity contribution in [3.63, 3.8) is 0 Å². The zero-order chi connectivity index (χ0) is 11.3. The largest absolute Gasteiger partial charge is 0.481 e. The number of rotatable bonds is 4. The Balaban J connectivity index is 2.99. The number of hydrogen-bond acceptors (Lipinski definition) is 2. The normalized spacial score (nSPS) is 11.1. The average Bonchev–Trinajstić information content (AvgIpc) is 2.18. The Hall–Kier alpha value is -2.10. The van der Waals surface area contributed by atoms with Gasteiger partial charge < -0.3 is 10.2 Å². The second-order valence-corrected chi connectivity index (χ2v) is 2.89. The molecule has 0 saturated heterocycles. The van der Waals surface area contributed by atoms with Crippen molar-refractivity contribution in [1.82, 2.24) is 0 Å². The molecule has 1 aromatic carbocycles. The van der Waals surface area contributed by atoms with E-state index in [-0.39, 0.29) is 12.0 Å². The van der Waals surface area contributed by atoms with Gasteiger partial charge in [0.2, 0.25) is 0 Å². The standard InChI is InChI=1S/C11H10O4/c12-10(13)7-6-9(11(14)15)8-4-2-1-3-5-8/h1-6H,7H2,(H,12,13)(H,14,15). The minimum Gasteiger partial charge on any atom is -0.481 e. The summed E-state index contributed by atoms with van der Waals surface area (Å²) in [5, 5.41) is 17.3. The maximum absolute atomic E-state index is 10.9. The van der Waals surface area contributed by atoms with Gasteiger partial charge in [0.15, 0.2) is 0 Å². The fourth-order valence-electron chi connectivity index (χ4n) is 1.14. The highest BCUT2D eigenvalue weighted by Crippen LogP contribution is 2.14. The van der Waals surface area contributed by atoms with Crippen molar-refractivity contribution < 1.29 is 19.8 Å². The van der Waals surface area contributed by atoms with Crippen LogP contribution in [0.3, 0.4) is 0 Å². The summed E-state index contributed by atoms with van der Waals surface area (Å²) in [7, 11) is 0. The van der Waals surface area contributed by atoms with E-state index in [2.05, 4.69) is 0 Å². The lowest BCUT2D eigenvalue weighted by Gasteiger charge is -2.01. The first-order valence-corrected chi connectivity index (χ1v) is 4.32. The molecule has 0 aliphatic heterocycles. The van der Waals surface area contributed by atoms with E-state index >= 15 is 0 Å². The SMILES string of the molecule is O=C(O)CC=C(C(=O)O)c1ccccc1. The Morgan fingerprint density at radius 1 is 1.13 bits per heavy atom. The topological polar surface area (TPSA) is 74.6 Å². The highest BCUT2D eigenvalue weighted by molar-refractivity contribution is 6.15. The van der Waals surface area contributed by atoms with Gasteiger partial charge in [0.25, 0.3) is 0 Å². The van der Waals surface area contributed by atoms with Crippen LogP contribution in [0.2, 0.25) is 0 Å². The molecular weight excluding hydrogens is 196 g/mol. The molecule has 4 heteroatoms. The van der Waals surface area contributed by atoms with Gasteiger partial charge in [-0.15, -0.1) is 0 Å². The van der Waals surface area contributed by atoms with Crippen molar-refractivity contribution >= 4 is 17.5 Å². The maximum atomic E-state index is 10.9. The van der Waals surface area contributed by atoms with E-state index in [1.807, 2.05) is 0 Å². The Labute approximate surface area is 86.5 Å². The first kappa shape index (κ1) is 11.0. The molecule has 0 aliphatic rings. The summed E-state index contributed by atoms with van der Waals surface area (Å²) in [6.07, 6.45) is 0.899. The minimum atomic E-state index is -1.12. The minimum absolute atomic E-state index is 0.0120. The Morgan fingerprint density at radius 2 is 1.73 bits per heavy atom. The summed E-state index contributed by atoms with van der Waals surface area (Å²) in [6, 6.07) is 8.42. The molecule has 0 radical (unpaired) electrons. The molecular formula is C11H10O4. The Kier molecular flexibility index (Phi) is 3.62. The van der Waals surface area contributed by atoms with Gasteiger partial charge in [-0.25, -0.2) is 4.79 Å². The fraction of sp³-hybridized carbons (Fsp3) is 0.0909. The van der Waals surface area contributed by atoms with E-state index < -0.39 is 11.9 Å². The number of carbonyl (C=O) groups is 2. The molecule has 0 fully saturated rings. The van der Waals surface area contributed by atoms with Gasteiger partial charge in [0.05, 0.1) is 12.0 Å². The molecule has 0 aliphatic carbocycles. The predicted molar refractivity (Wildman–Crippen MR) is 54.3 cm³/mol. The zero-order valence-electron chi connectivity index (χ0n) is 7.88. The second-order valence-electron chi connectivity index (χ2n) is 2.89. The van der Waals surface area contributed by atoms with E-state index in [0.29, 0.717) is 5.56 Å². The molecule has 0 amide bonds. The summed E-state index contributed by atoms with van der Waals surface area (Å²) in [5.74, 6) is -2.17. The van der Waals surface area contributed by atoms with E-state index in [9.17, 15) is 9.59 Å². The van der Waals surface area contributed by atoms with Crippen LogP contribution in [0, 0.1) is 0 Å². The summed E-state index contributed by atoms with van der Waals surface area (Å²) in [6.45, 7) is 0. The summed E-state index contributed by atoms with van der Waals surface area (Å²) in [5.41, 5.74) is 0.518. The van der Waals surface area contributed by atoms with Crippen LogP contribution in [0.4, 0.5) is 0 Å². The van der Waals surface area contributed by atoms with Crippen LogP contribution in [-0.4, -0.2) is 22.2 Å². The molecule has 15 heavy (non-hydrogen) atoms. The van der Waals surface area contributed by atoms with Crippen molar-refractivity contribution in [2.45, 2.75) is 6.42 Å². The van der Waals surface area contributed by atoms with E-state index in [1.54, 1.807) is 30.3 Å². The number of carboxylic acids is 2. The Bertz CT molecular complexity index is 392. The molecule has 0 aromatic heterocycles. The van der Waals surface area contributed by atoms with Gasteiger partial charge in [-0.1, -0.05) is 36.4 Å². The van der Waals surface area contributed by atoms with Gasteiger partial charge in [0, 0.05) is 0 Å². The van der Waals surface area contributed by atoms with Crippen molar-refractivity contribution in [3.8, 4) is 0 Å². The van der Waals surface area contributed by atoms with Crippen molar-refractivity contribution in [2.24, 2.45) is 0 Å². The lowest BCUT2D eigenvalue weighted by molar-refractivity contribution is -0.136. The van der Waals surface area contributed by atoms with Crippen LogP contribution in [0.25, 0.3) is 5.57 Å². The molecule has 1 rings (SSSR count). The highest BCUT2D eigenvalue weighted by atomic mass is 16.4. The monoisotopic (exact) mass is 206 g/mol. The molecule has 0 spiro atoms. The number of carboxylic acid groups (broad SMARTS) is 2. The van der Waals surface area contributed by atoms with E-state index in [0.717, 1.165) is 0 Å². The summed E-state index contributed by atoms with van der Waals surface area (Å²) < 4.78 is 0. The summed E-state index contributed by atoms with van der Waals surface area (Å²) >= 11 is 0. The third kappa shape index (κ3) is 3.27. The maximum Gasteiger partial charge on any atom is 0.335 e. The predicted octanol–water partition coefficient (Wildman–Crippen LogP) is 1.63. The van der Waals surface area contributed by atoms with Crippen LogP contribution in [0.15, 0.2) is 36.4 Å². The van der Waals surface area contributed by atoms with Crippen LogP contribution in [0.5, 0.6) is 0 Å². The van der Waals surface area contributed by atoms with E-state index in [4.69, 9.17) is 10.2 Å². The molecule has 2 N–H and O–H groups in total. The quantitative estimate of drug-likeness (QED) is 0.734.